The Kier molecular flexibility index (Phi) is 5.36. The number of nitrogens with zero attached hydrogens (tertiary/aromatic N) is 2. The summed E-state index contributed by atoms with van der Waals surface area (Å²) in [5.74, 6) is 0.578. The third-order valence-corrected chi connectivity index (χ3v) is 5.60. The van der Waals surface area contributed by atoms with Gasteiger partial charge in [0, 0.05) is 31.3 Å². The number of hydrogen-bond acceptors (Lipinski definition) is 4. The van der Waals surface area contributed by atoms with Gasteiger partial charge in [-0.05, 0) is 56.3 Å². The number of amides is 2. The van der Waals surface area contributed by atoms with E-state index in [2.05, 4.69) is 10.3 Å². The van der Waals surface area contributed by atoms with Crippen molar-refractivity contribution in [2.75, 3.05) is 25.5 Å². The van der Waals surface area contributed by atoms with Gasteiger partial charge in [-0.2, -0.15) is 0 Å². The number of nitrogens with one attached hydrogen (secondary N) is 1. The molecule has 1 aromatic rings. The van der Waals surface area contributed by atoms with E-state index < -0.39 is 0 Å². The highest BCUT2D eigenvalue weighted by atomic mass is 16.5. The molecule has 3 N–H and O–H groups in total. The van der Waals surface area contributed by atoms with Crippen LogP contribution in [-0.2, 0) is 11.3 Å². The molecule has 0 aromatic carbocycles. The van der Waals surface area contributed by atoms with Gasteiger partial charge in [0.15, 0.2) is 0 Å². The van der Waals surface area contributed by atoms with E-state index in [9.17, 15) is 4.79 Å². The molecule has 2 amide bonds. The minimum atomic E-state index is -0.0542. The molecule has 3 rings (SSSR count). The predicted molar refractivity (Wildman–Crippen MR) is 93.7 cm³/mol. The molecule has 1 saturated heterocycles. The number of methoxy groups -OCH3 is 1. The van der Waals surface area contributed by atoms with Crippen molar-refractivity contribution in [3.8, 4) is 0 Å². The second kappa shape index (κ2) is 7.49. The summed E-state index contributed by atoms with van der Waals surface area (Å²) in [4.78, 5) is 19.1. The summed E-state index contributed by atoms with van der Waals surface area (Å²) in [5, 5.41) is 2.96. The number of pyridine rings is 1. The van der Waals surface area contributed by atoms with E-state index in [0.717, 1.165) is 37.8 Å². The number of hydrogen-bond donors (Lipinski definition) is 2. The molecule has 24 heavy (non-hydrogen) atoms. The van der Waals surface area contributed by atoms with Crippen LogP contribution in [0.1, 0.15) is 44.1 Å². The van der Waals surface area contributed by atoms with Crippen molar-refractivity contribution in [1.82, 2.24) is 9.88 Å². The molecule has 1 aliphatic heterocycles. The first kappa shape index (κ1) is 17.2. The molecule has 2 fully saturated rings. The van der Waals surface area contributed by atoms with Crippen molar-refractivity contribution >= 4 is 11.8 Å². The molecule has 1 aromatic heterocycles. The SMILES string of the molecule is COCc1ccnc(NC(=O)N2CCCCC2C2(CN)CCC2)c1. The number of carbonyl (C=O) groups excluding carboxylic acids is 1. The van der Waals surface area contributed by atoms with Gasteiger partial charge < -0.3 is 15.4 Å². The van der Waals surface area contributed by atoms with Crippen LogP contribution in [-0.4, -0.2) is 42.2 Å². The Bertz CT molecular complexity index is 568. The lowest BCUT2D eigenvalue weighted by molar-refractivity contribution is 0.00732. The van der Waals surface area contributed by atoms with Gasteiger partial charge in [0.05, 0.1) is 6.61 Å². The molecule has 1 aliphatic carbocycles. The van der Waals surface area contributed by atoms with E-state index in [0.29, 0.717) is 19.0 Å². The monoisotopic (exact) mass is 332 g/mol. The van der Waals surface area contributed by atoms with E-state index in [1.807, 2.05) is 17.0 Å². The predicted octanol–water partition coefficient (Wildman–Crippen LogP) is 2.74. The van der Waals surface area contributed by atoms with Crippen LogP contribution in [0.25, 0.3) is 0 Å². The fourth-order valence-electron chi connectivity index (χ4n) is 4.10. The first-order valence-corrected chi connectivity index (χ1v) is 8.90. The highest BCUT2D eigenvalue weighted by molar-refractivity contribution is 5.88. The lowest BCUT2D eigenvalue weighted by atomic mass is 9.62. The largest absolute Gasteiger partial charge is 0.380 e. The Morgan fingerprint density at radius 3 is 2.96 bits per heavy atom. The maximum absolute atomic E-state index is 12.9. The molecule has 1 atom stereocenters. The molecule has 1 saturated carbocycles. The molecule has 0 radical (unpaired) electrons. The normalized spacial score (nSPS) is 22.8. The fourth-order valence-corrected chi connectivity index (χ4v) is 4.10. The Hall–Kier alpha value is -1.66. The van der Waals surface area contributed by atoms with E-state index in [-0.39, 0.29) is 17.5 Å². The summed E-state index contributed by atoms with van der Waals surface area (Å²) < 4.78 is 5.14. The van der Waals surface area contributed by atoms with E-state index in [4.69, 9.17) is 10.5 Å². The number of nitrogens with two attached hydrogens (primary N) is 1. The zero-order valence-electron chi connectivity index (χ0n) is 14.5. The van der Waals surface area contributed by atoms with Crippen molar-refractivity contribution in [3.05, 3.63) is 23.9 Å². The van der Waals surface area contributed by atoms with Crippen LogP contribution in [0.3, 0.4) is 0 Å². The zero-order valence-corrected chi connectivity index (χ0v) is 14.5. The average Bonchev–Trinajstić information content (AvgIpc) is 2.55. The van der Waals surface area contributed by atoms with Gasteiger partial charge >= 0.3 is 6.03 Å². The third-order valence-electron chi connectivity index (χ3n) is 5.60. The van der Waals surface area contributed by atoms with E-state index in [1.54, 1.807) is 13.3 Å². The molecular weight excluding hydrogens is 304 g/mol. The second-order valence-electron chi connectivity index (χ2n) is 7.04. The highest BCUT2D eigenvalue weighted by Gasteiger charge is 2.47. The van der Waals surface area contributed by atoms with Gasteiger partial charge in [0.1, 0.15) is 5.82 Å². The number of ether oxygens (including phenoxy) is 1. The van der Waals surface area contributed by atoms with E-state index in [1.165, 1.54) is 12.8 Å². The molecular formula is C18H28N4O2. The fraction of sp³-hybridized carbons (Fsp3) is 0.667. The number of urea groups is 1. The Labute approximate surface area is 143 Å². The molecule has 6 heteroatoms. The molecule has 2 aliphatic rings. The zero-order chi connectivity index (χ0) is 17.0. The molecule has 0 bridgehead atoms. The van der Waals surface area contributed by atoms with Crippen LogP contribution < -0.4 is 11.1 Å². The molecule has 6 nitrogen and oxygen atoms in total. The number of aromatic nitrogens is 1. The lowest BCUT2D eigenvalue weighted by Crippen LogP contribution is -2.59. The van der Waals surface area contributed by atoms with Crippen LogP contribution in [0.4, 0.5) is 10.6 Å². The van der Waals surface area contributed by atoms with Gasteiger partial charge in [0.2, 0.25) is 0 Å². The minimum Gasteiger partial charge on any atom is -0.380 e. The topological polar surface area (TPSA) is 80.5 Å². The summed E-state index contributed by atoms with van der Waals surface area (Å²) >= 11 is 0. The van der Waals surface area contributed by atoms with Crippen LogP contribution in [0.5, 0.6) is 0 Å². The summed E-state index contributed by atoms with van der Waals surface area (Å²) in [7, 11) is 1.65. The first-order chi connectivity index (χ1) is 11.7. The average molecular weight is 332 g/mol. The van der Waals surface area contributed by atoms with Crippen LogP contribution in [0.15, 0.2) is 18.3 Å². The Morgan fingerprint density at radius 2 is 2.29 bits per heavy atom. The van der Waals surface area contributed by atoms with Crippen molar-refractivity contribution in [2.45, 2.75) is 51.2 Å². The lowest BCUT2D eigenvalue weighted by Gasteiger charge is -2.52. The van der Waals surface area contributed by atoms with Crippen molar-refractivity contribution in [3.63, 3.8) is 0 Å². The molecule has 132 valence electrons. The number of anilines is 1. The van der Waals surface area contributed by atoms with E-state index >= 15 is 0 Å². The standard InChI is InChI=1S/C18H28N4O2/c1-24-12-14-6-9-20-16(11-14)21-17(23)22-10-3-2-5-15(22)18(13-19)7-4-8-18/h6,9,11,15H,2-5,7-8,10,12-13,19H2,1H3,(H,20,21,23). The second-order valence-corrected chi connectivity index (χ2v) is 7.04. The van der Waals surface area contributed by atoms with Gasteiger partial charge in [0.25, 0.3) is 0 Å². The number of carbonyl (C=O) groups is 1. The summed E-state index contributed by atoms with van der Waals surface area (Å²) in [5.41, 5.74) is 7.21. The molecule has 0 spiro atoms. The van der Waals surface area contributed by atoms with Crippen molar-refractivity contribution in [1.29, 1.82) is 0 Å². The van der Waals surface area contributed by atoms with Gasteiger partial charge in [-0.25, -0.2) is 9.78 Å². The Balaban J connectivity index is 1.71. The third kappa shape index (κ3) is 3.39. The highest BCUT2D eigenvalue weighted by Crippen LogP contribution is 2.47. The molecule has 1 unspecified atom stereocenters. The van der Waals surface area contributed by atoms with Gasteiger partial charge in [-0.3, -0.25) is 5.32 Å². The van der Waals surface area contributed by atoms with Crippen molar-refractivity contribution < 1.29 is 9.53 Å². The number of likely N-dealkylation sites (tertiary alicyclic amines) is 1. The van der Waals surface area contributed by atoms with Crippen LogP contribution >= 0.6 is 0 Å². The van der Waals surface area contributed by atoms with Gasteiger partial charge in [-0.1, -0.05) is 6.42 Å². The molecule has 2 heterocycles. The van der Waals surface area contributed by atoms with Crippen molar-refractivity contribution in [2.24, 2.45) is 11.1 Å². The summed E-state index contributed by atoms with van der Waals surface area (Å²) in [6.07, 6.45) is 8.50. The van der Waals surface area contributed by atoms with Gasteiger partial charge in [-0.15, -0.1) is 0 Å². The number of piperidine rings is 1. The van der Waals surface area contributed by atoms with Crippen LogP contribution in [0.2, 0.25) is 0 Å². The quantitative estimate of drug-likeness (QED) is 0.869. The number of rotatable bonds is 5. The summed E-state index contributed by atoms with van der Waals surface area (Å²) in [6, 6.07) is 3.96. The Morgan fingerprint density at radius 1 is 1.46 bits per heavy atom. The smallest absolute Gasteiger partial charge is 0.323 e. The summed E-state index contributed by atoms with van der Waals surface area (Å²) in [6.45, 7) is 1.98. The first-order valence-electron chi connectivity index (χ1n) is 8.90. The maximum Gasteiger partial charge on any atom is 0.323 e. The minimum absolute atomic E-state index is 0.0542. The maximum atomic E-state index is 12.9. The van der Waals surface area contributed by atoms with Crippen LogP contribution in [0, 0.1) is 5.41 Å².